The third-order valence-electron chi connectivity index (χ3n) is 4.54. The number of fused-ring (bicyclic) bond motifs is 1. The van der Waals surface area contributed by atoms with Crippen LogP contribution in [0.3, 0.4) is 0 Å². The van der Waals surface area contributed by atoms with Gasteiger partial charge in [-0.05, 0) is 43.2 Å². The second-order valence-electron chi connectivity index (χ2n) is 5.88. The average Bonchev–Trinajstić information content (AvgIpc) is 3.11. The van der Waals surface area contributed by atoms with Gasteiger partial charge in [0.15, 0.2) is 11.5 Å². The van der Waals surface area contributed by atoms with Gasteiger partial charge in [-0.25, -0.2) is 0 Å². The lowest BCUT2D eigenvalue weighted by Gasteiger charge is -2.30. The van der Waals surface area contributed by atoms with E-state index in [1.54, 1.807) is 0 Å². The molecule has 1 unspecified atom stereocenters. The van der Waals surface area contributed by atoms with Crippen molar-refractivity contribution in [1.29, 1.82) is 5.26 Å². The van der Waals surface area contributed by atoms with Crippen molar-refractivity contribution in [1.82, 2.24) is 0 Å². The zero-order chi connectivity index (χ0) is 15.6. The number of hydrogen-bond acceptors (Lipinski definition) is 4. The molecule has 0 aromatic heterocycles. The summed E-state index contributed by atoms with van der Waals surface area (Å²) in [5, 5.41) is 8.96. The topological polar surface area (TPSA) is 45.5 Å². The summed E-state index contributed by atoms with van der Waals surface area (Å²) in [6.07, 6.45) is 2.25. The maximum Gasteiger partial charge on any atom is 0.166 e. The highest BCUT2D eigenvalue weighted by molar-refractivity contribution is 5.56. The molecule has 2 aliphatic heterocycles. The van der Waals surface area contributed by atoms with Gasteiger partial charge in [-0.2, -0.15) is 5.26 Å². The number of nitriles is 1. The monoisotopic (exact) mass is 306 g/mol. The zero-order valence-corrected chi connectivity index (χ0v) is 12.9. The molecule has 4 heteroatoms. The molecule has 0 N–H and O–H groups in total. The van der Waals surface area contributed by atoms with Crippen LogP contribution in [-0.2, 0) is 0 Å². The molecular weight excluding hydrogens is 288 g/mol. The highest BCUT2D eigenvalue weighted by Crippen LogP contribution is 2.44. The molecule has 0 amide bonds. The molecule has 2 aliphatic rings. The van der Waals surface area contributed by atoms with Crippen molar-refractivity contribution >= 4 is 5.69 Å². The van der Waals surface area contributed by atoms with Gasteiger partial charge < -0.3 is 14.4 Å². The number of anilines is 1. The number of para-hydroxylation sites is 1. The van der Waals surface area contributed by atoms with E-state index >= 15 is 0 Å². The van der Waals surface area contributed by atoms with Crippen LogP contribution in [0.1, 0.15) is 30.0 Å². The van der Waals surface area contributed by atoms with Gasteiger partial charge in [0.05, 0.1) is 17.7 Å². The summed E-state index contributed by atoms with van der Waals surface area (Å²) < 4.78 is 11.6. The van der Waals surface area contributed by atoms with Gasteiger partial charge in [0.1, 0.15) is 13.2 Å². The van der Waals surface area contributed by atoms with Crippen LogP contribution in [0.15, 0.2) is 42.5 Å². The summed E-state index contributed by atoms with van der Waals surface area (Å²) in [4.78, 5) is 2.40. The number of ether oxygens (including phenoxy) is 2. The molecule has 23 heavy (non-hydrogen) atoms. The molecule has 0 spiro atoms. The Hall–Kier alpha value is -2.67. The predicted molar refractivity (Wildman–Crippen MR) is 87.9 cm³/mol. The van der Waals surface area contributed by atoms with Gasteiger partial charge in [0, 0.05) is 17.8 Å². The molecule has 2 aromatic carbocycles. The fourth-order valence-corrected chi connectivity index (χ4v) is 3.49. The maximum absolute atomic E-state index is 8.96. The van der Waals surface area contributed by atoms with Crippen LogP contribution >= 0.6 is 0 Å². The van der Waals surface area contributed by atoms with Crippen molar-refractivity contribution in [2.75, 3.05) is 24.7 Å². The Kier molecular flexibility index (Phi) is 3.55. The molecule has 4 nitrogen and oxygen atoms in total. The summed E-state index contributed by atoms with van der Waals surface area (Å²) in [7, 11) is 0. The van der Waals surface area contributed by atoms with Crippen LogP contribution < -0.4 is 14.4 Å². The van der Waals surface area contributed by atoms with Crippen molar-refractivity contribution in [3.63, 3.8) is 0 Å². The number of benzene rings is 2. The normalized spacial score (nSPS) is 19.4. The Morgan fingerprint density at radius 3 is 2.70 bits per heavy atom. The van der Waals surface area contributed by atoms with Crippen LogP contribution in [0.4, 0.5) is 5.69 Å². The van der Waals surface area contributed by atoms with Crippen LogP contribution in [0.5, 0.6) is 11.5 Å². The molecular formula is C19H18N2O2. The SMILES string of the molecule is N#Cc1ccc(N2CCCC2c2cccc3c2OCCO3)cc1. The molecule has 2 aromatic rings. The second kappa shape index (κ2) is 5.85. The van der Waals surface area contributed by atoms with Crippen molar-refractivity contribution in [2.45, 2.75) is 18.9 Å². The minimum atomic E-state index is 0.291. The molecule has 0 bridgehead atoms. The Balaban J connectivity index is 1.69. The Labute approximate surface area is 135 Å². The van der Waals surface area contributed by atoms with Gasteiger partial charge in [0.2, 0.25) is 0 Å². The molecule has 1 fully saturated rings. The molecule has 2 heterocycles. The largest absolute Gasteiger partial charge is 0.486 e. The molecule has 0 saturated carbocycles. The lowest BCUT2D eigenvalue weighted by Crippen LogP contribution is -2.24. The van der Waals surface area contributed by atoms with E-state index in [4.69, 9.17) is 14.7 Å². The average molecular weight is 306 g/mol. The fourth-order valence-electron chi connectivity index (χ4n) is 3.49. The summed E-state index contributed by atoms with van der Waals surface area (Å²) in [5.41, 5.74) is 3.04. The quantitative estimate of drug-likeness (QED) is 0.849. The van der Waals surface area contributed by atoms with Gasteiger partial charge >= 0.3 is 0 Å². The Morgan fingerprint density at radius 1 is 1.04 bits per heavy atom. The van der Waals surface area contributed by atoms with Gasteiger partial charge in [0.25, 0.3) is 0 Å². The highest BCUT2D eigenvalue weighted by Gasteiger charge is 2.30. The van der Waals surface area contributed by atoms with Crippen LogP contribution in [0.25, 0.3) is 0 Å². The first-order chi connectivity index (χ1) is 11.4. The van der Waals surface area contributed by atoms with Crippen LogP contribution in [0, 0.1) is 11.3 Å². The number of hydrogen-bond donors (Lipinski definition) is 0. The first kappa shape index (κ1) is 14.0. The van der Waals surface area contributed by atoms with E-state index in [0.29, 0.717) is 24.8 Å². The summed E-state index contributed by atoms with van der Waals surface area (Å²) in [6.45, 7) is 2.23. The Bertz CT molecular complexity index is 749. The van der Waals surface area contributed by atoms with Crippen LogP contribution in [0.2, 0.25) is 0 Å². The number of rotatable bonds is 2. The molecule has 1 atom stereocenters. The first-order valence-corrected chi connectivity index (χ1v) is 8.02. The minimum Gasteiger partial charge on any atom is -0.486 e. The van der Waals surface area contributed by atoms with E-state index in [9.17, 15) is 0 Å². The van der Waals surface area contributed by atoms with E-state index < -0.39 is 0 Å². The lowest BCUT2D eigenvalue weighted by molar-refractivity contribution is 0.169. The van der Waals surface area contributed by atoms with Crippen molar-refractivity contribution in [3.8, 4) is 17.6 Å². The van der Waals surface area contributed by atoms with E-state index in [2.05, 4.69) is 17.0 Å². The molecule has 0 radical (unpaired) electrons. The minimum absolute atomic E-state index is 0.291. The lowest BCUT2D eigenvalue weighted by atomic mass is 10.0. The van der Waals surface area contributed by atoms with Crippen molar-refractivity contribution in [2.24, 2.45) is 0 Å². The smallest absolute Gasteiger partial charge is 0.166 e. The first-order valence-electron chi connectivity index (χ1n) is 8.02. The second-order valence-corrected chi connectivity index (χ2v) is 5.88. The van der Waals surface area contributed by atoms with Gasteiger partial charge in [-0.15, -0.1) is 0 Å². The fraction of sp³-hybridized carbons (Fsp3) is 0.316. The van der Waals surface area contributed by atoms with E-state index in [-0.39, 0.29) is 0 Å². The van der Waals surface area contributed by atoms with Crippen molar-refractivity contribution in [3.05, 3.63) is 53.6 Å². The molecule has 116 valence electrons. The third kappa shape index (κ3) is 2.49. The highest BCUT2D eigenvalue weighted by atomic mass is 16.6. The summed E-state index contributed by atoms with van der Waals surface area (Å²) in [6, 6.07) is 16.4. The Morgan fingerprint density at radius 2 is 1.87 bits per heavy atom. The number of nitrogens with zero attached hydrogens (tertiary/aromatic N) is 2. The van der Waals surface area contributed by atoms with E-state index in [1.165, 1.54) is 5.56 Å². The maximum atomic E-state index is 8.96. The molecule has 1 saturated heterocycles. The summed E-state index contributed by atoms with van der Waals surface area (Å²) in [5.74, 6) is 1.74. The van der Waals surface area contributed by atoms with Crippen LogP contribution in [-0.4, -0.2) is 19.8 Å². The zero-order valence-electron chi connectivity index (χ0n) is 12.9. The summed E-state index contributed by atoms with van der Waals surface area (Å²) >= 11 is 0. The van der Waals surface area contributed by atoms with Gasteiger partial charge in [-0.1, -0.05) is 12.1 Å². The van der Waals surface area contributed by atoms with Crippen molar-refractivity contribution < 1.29 is 9.47 Å². The third-order valence-corrected chi connectivity index (χ3v) is 4.54. The van der Waals surface area contributed by atoms with E-state index in [0.717, 1.165) is 36.6 Å². The predicted octanol–water partition coefficient (Wildman–Crippen LogP) is 3.67. The van der Waals surface area contributed by atoms with Gasteiger partial charge in [-0.3, -0.25) is 0 Å². The van der Waals surface area contributed by atoms with E-state index in [1.807, 2.05) is 36.4 Å². The molecule has 0 aliphatic carbocycles. The molecule has 4 rings (SSSR count). The standard InChI is InChI=1S/C19H18N2O2/c20-13-14-6-8-15(9-7-14)21-10-2-4-17(21)16-3-1-5-18-19(16)23-12-11-22-18/h1,3,5-9,17H,2,4,10-12H2.